The summed E-state index contributed by atoms with van der Waals surface area (Å²) in [5, 5.41) is 13.0. The molecule has 2 unspecified atom stereocenters. The van der Waals surface area contributed by atoms with Crippen LogP contribution in [0.5, 0.6) is 11.5 Å². The van der Waals surface area contributed by atoms with Crippen LogP contribution in [0.15, 0.2) is 18.2 Å². The minimum atomic E-state index is 0.290. The van der Waals surface area contributed by atoms with Crippen molar-refractivity contribution in [3.05, 3.63) is 23.8 Å². The van der Waals surface area contributed by atoms with Gasteiger partial charge in [-0.3, -0.25) is 0 Å². The van der Waals surface area contributed by atoms with Crippen molar-refractivity contribution in [2.75, 3.05) is 13.4 Å². The average Bonchev–Trinajstić information content (AvgIpc) is 2.93. The van der Waals surface area contributed by atoms with Gasteiger partial charge in [-0.05, 0) is 36.5 Å². The predicted octanol–water partition coefficient (Wildman–Crippen LogP) is 2.06. The molecule has 0 radical (unpaired) electrons. The Balaban J connectivity index is 1.59. The number of hydrogen-bond donors (Lipinski definition) is 2. The molecular formula is C15H21NO3. The third-order valence-electron chi connectivity index (χ3n) is 4.15. The smallest absolute Gasteiger partial charge is 0.231 e. The molecule has 1 aliphatic heterocycles. The van der Waals surface area contributed by atoms with Gasteiger partial charge < -0.3 is 19.9 Å². The van der Waals surface area contributed by atoms with Crippen molar-refractivity contribution in [3.8, 4) is 11.5 Å². The van der Waals surface area contributed by atoms with Crippen LogP contribution in [0.1, 0.15) is 31.2 Å². The zero-order valence-electron chi connectivity index (χ0n) is 11.1. The largest absolute Gasteiger partial charge is 0.454 e. The summed E-state index contributed by atoms with van der Waals surface area (Å²) in [5.74, 6) is 2.07. The molecule has 2 N–H and O–H groups in total. The van der Waals surface area contributed by atoms with Gasteiger partial charge >= 0.3 is 0 Å². The molecule has 1 heterocycles. The molecule has 2 aliphatic rings. The molecule has 2 atom stereocenters. The number of benzene rings is 1. The summed E-state index contributed by atoms with van der Waals surface area (Å²) in [7, 11) is 0. The van der Waals surface area contributed by atoms with Crippen molar-refractivity contribution in [2.24, 2.45) is 5.92 Å². The van der Waals surface area contributed by atoms with Crippen LogP contribution in [-0.2, 0) is 6.54 Å². The minimum absolute atomic E-state index is 0.290. The Kier molecular flexibility index (Phi) is 3.89. The van der Waals surface area contributed by atoms with E-state index in [0.29, 0.717) is 25.4 Å². The van der Waals surface area contributed by atoms with Gasteiger partial charge in [-0.2, -0.15) is 0 Å². The number of ether oxygens (including phenoxy) is 2. The third kappa shape index (κ3) is 2.85. The third-order valence-corrected chi connectivity index (χ3v) is 4.15. The molecule has 1 aliphatic carbocycles. The quantitative estimate of drug-likeness (QED) is 0.873. The fourth-order valence-corrected chi connectivity index (χ4v) is 2.99. The molecule has 1 saturated carbocycles. The number of nitrogens with one attached hydrogen (secondary N) is 1. The van der Waals surface area contributed by atoms with Crippen LogP contribution in [0.2, 0.25) is 0 Å². The van der Waals surface area contributed by atoms with Crippen molar-refractivity contribution < 1.29 is 14.6 Å². The van der Waals surface area contributed by atoms with Gasteiger partial charge in [0.05, 0.1) is 0 Å². The molecule has 0 spiro atoms. The van der Waals surface area contributed by atoms with E-state index in [-0.39, 0.29) is 0 Å². The Labute approximate surface area is 113 Å². The normalized spacial score (nSPS) is 25.5. The monoisotopic (exact) mass is 263 g/mol. The summed E-state index contributed by atoms with van der Waals surface area (Å²) in [6, 6.07) is 6.50. The average molecular weight is 263 g/mol. The molecule has 1 aromatic carbocycles. The molecule has 0 bridgehead atoms. The molecule has 104 valence electrons. The van der Waals surface area contributed by atoms with Crippen LogP contribution in [0.3, 0.4) is 0 Å². The second-order valence-corrected chi connectivity index (χ2v) is 5.40. The Bertz CT molecular complexity index is 435. The zero-order valence-corrected chi connectivity index (χ0v) is 11.1. The summed E-state index contributed by atoms with van der Waals surface area (Å²) in [5.41, 5.74) is 1.20. The van der Waals surface area contributed by atoms with Crippen LogP contribution in [0.25, 0.3) is 0 Å². The fourth-order valence-electron chi connectivity index (χ4n) is 2.99. The van der Waals surface area contributed by atoms with Crippen molar-refractivity contribution >= 4 is 0 Å². The molecule has 1 fully saturated rings. The molecule has 0 saturated heterocycles. The van der Waals surface area contributed by atoms with Crippen LogP contribution in [0, 0.1) is 5.92 Å². The van der Waals surface area contributed by atoms with E-state index in [2.05, 4.69) is 11.4 Å². The van der Waals surface area contributed by atoms with E-state index in [1.54, 1.807) is 0 Å². The first-order valence-corrected chi connectivity index (χ1v) is 7.09. The fraction of sp³-hybridized carbons (Fsp3) is 0.600. The maximum atomic E-state index is 9.41. The minimum Gasteiger partial charge on any atom is -0.454 e. The maximum absolute atomic E-state index is 9.41. The summed E-state index contributed by atoms with van der Waals surface area (Å²) in [4.78, 5) is 0. The van der Waals surface area contributed by atoms with Crippen LogP contribution < -0.4 is 14.8 Å². The maximum Gasteiger partial charge on any atom is 0.231 e. The first-order valence-electron chi connectivity index (χ1n) is 7.09. The molecule has 1 aromatic rings. The molecule has 3 rings (SSSR count). The number of aliphatic hydroxyl groups is 1. The second-order valence-electron chi connectivity index (χ2n) is 5.40. The number of hydrogen-bond acceptors (Lipinski definition) is 4. The number of aliphatic hydroxyl groups excluding tert-OH is 1. The van der Waals surface area contributed by atoms with E-state index in [9.17, 15) is 5.11 Å². The first kappa shape index (κ1) is 12.8. The van der Waals surface area contributed by atoms with E-state index in [4.69, 9.17) is 9.47 Å². The van der Waals surface area contributed by atoms with Gasteiger partial charge in [-0.25, -0.2) is 0 Å². The van der Waals surface area contributed by atoms with Gasteiger partial charge in [0.15, 0.2) is 11.5 Å². The van der Waals surface area contributed by atoms with Crippen molar-refractivity contribution in [3.63, 3.8) is 0 Å². The van der Waals surface area contributed by atoms with Crippen LogP contribution >= 0.6 is 0 Å². The number of fused-ring (bicyclic) bond motifs is 1. The van der Waals surface area contributed by atoms with E-state index >= 15 is 0 Å². The zero-order chi connectivity index (χ0) is 13.1. The highest BCUT2D eigenvalue weighted by molar-refractivity contribution is 5.44. The van der Waals surface area contributed by atoms with Crippen molar-refractivity contribution in [1.29, 1.82) is 0 Å². The lowest BCUT2D eigenvalue weighted by Crippen LogP contribution is -2.39. The lowest BCUT2D eigenvalue weighted by Gasteiger charge is -2.31. The Morgan fingerprint density at radius 1 is 1.16 bits per heavy atom. The summed E-state index contributed by atoms with van der Waals surface area (Å²) in [6.07, 6.45) is 4.80. The van der Waals surface area contributed by atoms with Gasteiger partial charge in [0.1, 0.15) is 0 Å². The summed E-state index contributed by atoms with van der Waals surface area (Å²) in [6.45, 7) is 1.43. The molecule has 0 amide bonds. The lowest BCUT2D eigenvalue weighted by atomic mass is 9.85. The van der Waals surface area contributed by atoms with Gasteiger partial charge in [-0.15, -0.1) is 0 Å². The second kappa shape index (κ2) is 5.80. The van der Waals surface area contributed by atoms with Gasteiger partial charge in [0, 0.05) is 19.2 Å². The highest BCUT2D eigenvalue weighted by atomic mass is 16.7. The Hall–Kier alpha value is -1.26. The highest BCUT2D eigenvalue weighted by Gasteiger charge is 2.24. The van der Waals surface area contributed by atoms with Crippen LogP contribution in [0.4, 0.5) is 0 Å². The lowest BCUT2D eigenvalue weighted by molar-refractivity contribution is 0.152. The first-order chi connectivity index (χ1) is 9.36. The van der Waals surface area contributed by atoms with E-state index < -0.39 is 0 Å². The van der Waals surface area contributed by atoms with Gasteiger partial charge in [-0.1, -0.05) is 18.9 Å². The molecule has 0 aromatic heterocycles. The highest BCUT2D eigenvalue weighted by Crippen LogP contribution is 2.32. The van der Waals surface area contributed by atoms with Crippen molar-refractivity contribution in [1.82, 2.24) is 5.32 Å². The predicted molar refractivity (Wildman–Crippen MR) is 72.2 cm³/mol. The Morgan fingerprint density at radius 3 is 2.89 bits per heavy atom. The summed E-state index contributed by atoms with van der Waals surface area (Å²) < 4.78 is 10.7. The molecule has 4 heteroatoms. The van der Waals surface area contributed by atoms with Gasteiger partial charge in [0.25, 0.3) is 0 Å². The molecule has 19 heavy (non-hydrogen) atoms. The SMILES string of the molecule is OCC1CCCCC1NCc1ccc2c(c1)OCO2. The number of rotatable bonds is 4. The standard InChI is InChI=1S/C15H21NO3/c17-9-12-3-1-2-4-13(12)16-8-11-5-6-14-15(7-11)19-10-18-14/h5-7,12-13,16-17H,1-4,8-10H2. The van der Waals surface area contributed by atoms with E-state index in [1.807, 2.05) is 12.1 Å². The molecular weight excluding hydrogens is 242 g/mol. The van der Waals surface area contributed by atoms with E-state index in [1.165, 1.54) is 18.4 Å². The van der Waals surface area contributed by atoms with Crippen molar-refractivity contribution in [2.45, 2.75) is 38.3 Å². The summed E-state index contributed by atoms with van der Waals surface area (Å²) >= 11 is 0. The van der Waals surface area contributed by atoms with Crippen LogP contribution in [-0.4, -0.2) is 24.5 Å². The Morgan fingerprint density at radius 2 is 2.00 bits per heavy atom. The van der Waals surface area contributed by atoms with Gasteiger partial charge in [0.2, 0.25) is 6.79 Å². The van der Waals surface area contributed by atoms with E-state index in [0.717, 1.165) is 30.9 Å². The molecule has 4 nitrogen and oxygen atoms in total. The topological polar surface area (TPSA) is 50.7 Å².